The third-order valence-corrected chi connectivity index (χ3v) is 4.35. The van der Waals surface area contributed by atoms with E-state index in [1.165, 1.54) is 24.0 Å². The predicted molar refractivity (Wildman–Crippen MR) is 93.5 cm³/mol. The first-order valence-electron chi connectivity index (χ1n) is 7.51. The van der Waals surface area contributed by atoms with E-state index in [1.54, 1.807) is 0 Å². The molecule has 24 heavy (non-hydrogen) atoms. The van der Waals surface area contributed by atoms with Crippen LogP contribution in [0.1, 0.15) is 30.2 Å². The van der Waals surface area contributed by atoms with E-state index in [0.29, 0.717) is 21.6 Å². The molecule has 1 heterocycles. The normalized spacial score (nSPS) is 10.8. The fraction of sp³-hybridized carbons (Fsp3) is 0.353. The summed E-state index contributed by atoms with van der Waals surface area (Å²) in [5.41, 5.74) is 2.62. The van der Waals surface area contributed by atoms with Crippen LogP contribution in [0.2, 0.25) is 0 Å². The number of carboxylic acid groups (broad SMARTS) is 1. The lowest BCUT2D eigenvalue weighted by molar-refractivity contribution is -0.136. The number of anilines is 1. The highest BCUT2D eigenvalue weighted by molar-refractivity contribution is 7.16. The minimum absolute atomic E-state index is 0.0771. The molecule has 0 aliphatic heterocycles. The predicted octanol–water partition coefficient (Wildman–Crippen LogP) is 3.15. The van der Waals surface area contributed by atoms with Gasteiger partial charge in [0.2, 0.25) is 0 Å². The first-order valence-corrected chi connectivity index (χ1v) is 8.33. The van der Waals surface area contributed by atoms with Gasteiger partial charge in [-0.15, -0.1) is 11.3 Å². The number of nitrogens with zero attached hydrogens (tertiary/aromatic N) is 1. The Morgan fingerprint density at radius 3 is 2.50 bits per heavy atom. The van der Waals surface area contributed by atoms with Crippen LogP contribution in [0.15, 0.2) is 24.3 Å². The number of thiazole rings is 1. The monoisotopic (exact) mass is 348 g/mol. The van der Waals surface area contributed by atoms with E-state index in [1.807, 2.05) is 24.3 Å². The summed E-state index contributed by atoms with van der Waals surface area (Å²) >= 11 is 1.17. The van der Waals surface area contributed by atoms with E-state index in [9.17, 15) is 9.59 Å². The number of aromatic nitrogens is 1. The van der Waals surface area contributed by atoms with E-state index in [4.69, 9.17) is 9.84 Å². The molecule has 0 radical (unpaired) electrons. The van der Waals surface area contributed by atoms with Crippen LogP contribution in [0.25, 0.3) is 11.3 Å². The largest absolute Gasteiger partial charge is 0.481 e. The summed E-state index contributed by atoms with van der Waals surface area (Å²) in [7, 11) is 1.43. The Bertz CT molecular complexity index is 723. The minimum atomic E-state index is -0.937. The van der Waals surface area contributed by atoms with E-state index in [-0.39, 0.29) is 18.9 Å². The molecule has 0 spiro atoms. The lowest BCUT2D eigenvalue weighted by atomic mass is 10.0. The Morgan fingerprint density at radius 2 is 1.96 bits per heavy atom. The molecule has 0 unspecified atom stereocenters. The van der Waals surface area contributed by atoms with Crippen LogP contribution in [0, 0.1) is 0 Å². The number of aliphatic carboxylic acids is 1. The van der Waals surface area contributed by atoms with Crippen LogP contribution in [0.5, 0.6) is 0 Å². The maximum Gasteiger partial charge on any atom is 0.308 e. The molecule has 7 heteroatoms. The first kappa shape index (κ1) is 18.1. The molecule has 1 aromatic heterocycles. The van der Waals surface area contributed by atoms with Gasteiger partial charge in [0.15, 0.2) is 5.13 Å². The highest BCUT2D eigenvalue weighted by Crippen LogP contribution is 2.32. The molecular formula is C17H20N2O4S. The van der Waals surface area contributed by atoms with Crippen molar-refractivity contribution < 1.29 is 19.4 Å². The van der Waals surface area contributed by atoms with Gasteiger partial charge in [0.05, 0.1) is 12.1 Å². The minimum Gasteiger partial charge on any atom is -0.481 e. The molecule has 2 aromatic rings. The second-order valence-electron chi connectivity index (χ2n) is 5.62. The van der Waals surface area contributed by atoms with Crippen molar-refractivity contribution in [2.75, 3.05) is 19.0 Å². The van der Waals surface area contributed by atoms with Crippen molar-refractivity contribution in [3.05, 3.63) is 34.7 Å². The Balaban J connectivity index is 2.33. The van der Waals surface area contributed by atoms with Crippen molar-refractivity contribution in [1.29, 1.82) is 0 Å². The van der Waals surface area contributed by atoms with Gasteiger partial charge in [-0.25, -0.2) is 4.98 Å². The number of ether oxygens (including phenoxy) is 1. The van der Waals surface area contributed by atoms with E-state index < -0.39 is 5.97 Å². The van der Waals surface area contributed by atoms with Gasteiger partial charge in [0, 0.05) is 17.6 Å². The summed E-state index contributed by atoms with van der Waals surface area (Å²) in [5, 5.41) is 12.1. The van der Waals surface area contributed by atoms with Crippen molar-refractivity contribution in [1.82, 2.24) is 4.98 Å². The van der Waals surface area contributed by atoms with Crippen LogP contribution in [-0.4, -0.2) is 35.7 Å². The number of rotatable bonds is 7. The topological polar surface area (TPSA) is 88.5 Å². The number of nitrogens with one attached hydrogen (secondary N) is 1. The molecule has 0 aliphatic rings. The molecule has 128 valence electrons. The van der Waals surface area contributed by atoms with Gasteiger partial charge in [-0.1, -0.05) is 38.1 Å². The van der Waals surface area contributed by atoms with Crippen LogP contribution in [-0.2, 0) is 20.7 Å². The maximum atomic E-state index is 11.6. The maximum absolute atomic E-state index is 11.6. The zero-order valence-electron chi connectivity index (χ0n) is 13.8. The van der Waals surface area contributed by atoms with Crippen molar-refractivity contribution >= 4 is 28.3 Å². The first-order chi connectivity index (χ1) is 11.4. The van der Waals surface area contributed by atoms with Crippen molar-refractivity contribution in [3.63, 3.8) is 0 Å². The second-order valence-corrected chi connectivity index (χ2v) is 6.70. The van der Waals surface area contributed by atoms with Gasteiger partial charge in [-0.05, 0) is 11.5 Å². The molecule has 2 rings (SSSR count). The number of carbonyl (C=O) groups excluding carboxylic acids is 1. The summed E-state index contributed by atoms with van der Waals surface area (Å²) in [4.78, 5) is 27.7. The third kappa shape index (κ3) is 4.62. The number of benzene rings is 1. The fourth-order valence-corrected chi connectivity index (χ4v) is 3.19. The Labute approximate surface area is 144 Å². The number of hydrogen-bond donors (Lipinski definition) is 2. The summed E-state index contributed by atoms with van der Waals surface area (Å²) in [6.07, 6.45) is -0.140. The van der Waals surface area contributed by atoms with E-state index in [0.717, 1.165) is 5.56 Å². The molecule has 0 aliphatic carbocycles. The number of methoxy groups -OCH3 is 1. The molecule has 0 bridgehead atoms. The quantitative estimate of drug-likeness (QED) is 0.802. The molecule has 0 saturated heterocycles. The zero-order chi connectivity index (χ0) is 17.7. The number of hydrogen-bond acceptors (Lipinski definition) is 5. The van der Waals surface area contributed by atoms with Crippen molar-refractivity contribution in [3.8, 4) is 11.3 Å². The number of amides is 1. The molecule has 0 fully saturated rings. The Morgan fingerprint density at radius 1 is 1.29 bits per heavy atom. The summed E-state index contributed by atoms with van der Waals surface area (Å²) in [6, 6.07) is 7.87. The Hall–Kier alpha value is -2.25. The lowest BCUT2D eigenvalue weighted by Gasteiger charge is -2.06. The van der Waals surface area contributed by atoms with Gasteiger partial charge in [-0.2, -0.15) is 0 Å². The van der Waals surface area contributed by atoms with Gasteiger partial charge in [-0.3, -0.25) is 14.9 Å². The zero-order valence-corrected chi connectivity index (χ0v) is 14.6. The molecule has 0 atom stereocenters. The highest BCUT2D eigenvalue weighted by Gasteiger charge is 2.17. The highest BCUT2D eigenvalue weighted by atomic mass is 32.1. The summed E-state index contributed by atoms with van der Waals surface area (Å²) in [5.74, 6) is -0.847. The molecule has 6 nitrogen and oxygen atoms in total. The van der Waals surface area contributed by atoms with E-state index in [2.05, 4.69) is 24.1 Å². The van der Waals surface area contributed by atoms with Gasteiger partial charge >= 0.3 is 5.97 Å². The molecule has 1 aromatic carbocycles. The average molecular weight is 348 g/mol. The number of carbonyl (C=O) groups is 2. The van der Waals surface area contributed by atoms with Crippen LogP contribution in [0.4, 0.5) is 5.13 Å². The van der Waals surface area contributed by atoms with Crippen molar-refractivity contribution in [2.24, 2.45) is 0 Å². The van der Waals surface area contributed by atoms with Crippen molar-refractivity contribution in [2.45, 2.75) is 26.2 Å². The van der Waals surface area contributed by atoms with Gasteiger partial charge in [0.25, 0.3) is 5.91 Å². The third-order valence-electron chi connectivity index (χ3n) is 3.38. The SMILES string of the molecule is COCC(=O)Nc1nc(-c2ccc(C(C)C)cc2)c(CC(=O)O)s1. The second kappa shape index (κ2) is 8.03. The number of carboxylic acids is 1. The van der Waals surface area contributed by atoms with Crippen LogP contribution in [0.3, 0.4) is 0 Å². The molecule has 2 N–H and O–H groups in total. The Kier molecular flexibility index (Phi) is 6.05. The van der Waals surface area contributed by atoms with Gasteiger partial charge < -0.3 is 9.84 Å². The molecule has 0 saturated carbocycles. The fourth-order valence-electron chi connectivity index (χ4n) is 2.20. The van der Waals surface area contributed by atoms with E-state index >= 15 is 0 Å². The summed E-state index contributed by atoms with van der Waals surface area (Å²) < 4.78 is 4.77. The van der Waals surface area contributed by atoms with Crippen LogP contribution >= 0.6 is 11.3 Å². The average Bonchev–Trinajstić information content (AvgIpc) is 2.89. The standard InChI is InChI=1S/C17H20N2O4S/c1-10(2)11-4-6-12(7-5-11)16-13(8-15(21)22)24-17(19-16)18-14(20)9-23-3/h4-7,10H,8-9H2,1-3H3,(H,21,22)(H,18,19,20). The van der Waals surface area contributed by atoms with Crippen LogP contribution < -0.4 is 5.32 Å². The summed E-state index contributed by atoms with van der Waals surface area (Å²) in [6.45, 7) is 4.14. The molecule has 1 amide bonds. The lowest BCUT2D eigenvalue weighted by Crippen LogP contribution is -2.16. The van der Waals surface area contributed by atoms with Gasteiger partial charge in [0.1, 0.15) is 6.61 Å². The molecular weight excluding hydrogens is 328 g/mol. The smallest absolute Gasteiger partial charge is 0.308 e.